The monoisotopic (exact) mass is 580 g/mol. The van der Waals surface area contributed by atoms with Crippen molar-refractivity contribution >= 4 is 23.2 Å². The summed E-state index contributed by atoms with van der Waals surface area (Å²) in [6.45, 7) is 12.2. The molecule has 2 N–H and O–H groups in total. The van der Waals surface area contributed by atoms with E-state index in [1.54, 1.807) is 48.5 Å². The second-order valence-corrected chi connectivity index (χ2v) is 11.2. The van der Waals surface area contributed by atoms with Crippen molar-refractivity contribution in [3.63, 3.8) is 0 Å². The summed E-state index contributed by atoms with van der Waals surface area (Å²) in [5.74, 6) is 2.79. The molecule has 7 heteroatoms. The van der Waals surface area contributed by atoms with Gasteiger partial charge >= 0.3 is 0 Å². The molecule has 0 atom stereocenters. The maximum absolute atomic E-state index is 12.5. The van der Waals surface area contributed by atoms with Crippen molar-refractivity contribution in [1.82, 2.24) is 0 Å². The minimum Gasteiger partial charge on any atom is -0.483 e. The van der Waals surface area contributed by atoms with Crippen LogP contribution in [0.1, 0.15) is 61.8 Å². The minimum absolute atomic E-state index is 0.0820. The van der Waals surface area contributed by atoms with Crippen LogP contribution in [0.2, 0.25) is 0 Å². The van der Waals surface area contributed by atoms with Gasteiger partial charge in [-0.3, -0.25) is 9.59 Å². The van der Waals surface area contributed by atoms with E-state index in [4.69, 9.17) is 14.2 Å². The summed E-state index contributed by atoms with van der Waals surface area (Å²) >= 11 is 0. The highest BCUT2D eigenvalue weighted by atomic mass is 16.5. The third kappa shape index (κ3) is 9.10. The first kappa shape index (κ1) is 31.2. The molecular formula is C36H40N2O5. The lowest BCUT2D eigenvalue weighted by atomic mass is 10.0. The number of benzene rings is 4. The van der Waals surface area contributed by atoms with Gasteiger partial charge in [0.15, 0.2) is 13.2 Å². The quantitative estimate of drug-likeness (QED) is 0.176. The van der Waals surface area contributed by atoms with Gasteiger partial charge in [0.05, 0.1) is 0 Å². The third-order valence-corrected chi connectivity index (χ3v) is 6.81. The van der Waals surface area contributed by atoms with Crippen molar-refractivity contribution in [3.05, 3.63) is 107 Å². The zero-order valence-electron chi connectivity index (χ0n) is 25.7. The molecule has 4 rings (SSSR count). The Balaban J connectivity index is 1.25. The summed E-state index contributed by atoms with van der Waals surface area (Å²) < 4.78 is 17.6. The van der Waals surface area contributed by atoms with Crippen molar-refractivity contribution < 1.29 is 23.8 Å². The number of amides is 2. The van der Waals surface area contributed by atoms with E-state index in [0.29, 0.717) is 34.7 Å². The highest BCUT2D eigenvalue weighted by Crippen LogP contribution is 2.29. The lowest BCUT2D eigenvalue weighted by Gasteiger charge is -2.15. The Morgan fingerprint density at radius 2 is 0.953 bits per heavy atom. The average Bonchev–Trinajstić information content (AvgIpc) is 2.97. The average molecular weight is 581 g/mol. The molecule has 0 radical (unpaired) electrons. The number of hydrogen-bond donors (Lipinski definition) is 2. The van der Waals surface area contributed by atoms with E-state index in [2.05, 4.69) is 38.3 Å². The topological polar surface area (TPSA) is 85.9 Å². The summed E-state index contributed by atoms with van der Waals surface area (Å²) in [7, 11) is 0. The van der Waals surface area contributed by atoms with Gasteiger partial charge in [-0.05, 0) is 109 Å². The summed E-state index contributed by atoms with van der Waals surface area (Å²) in [4.78, 5) is 25.0. The highest BCUT2D eigenvalue weighted by molar-refractivity contribution is 5.92. The number of carbonyl (C=O) groups is 2. The molecule has 0 bridgehead atoms. The van der Waals surface area contributed by atoms with E-state index in [9.17, 15) is 9.59 Å². The molecule has 0 saturated heterocycles. The number of ether oxygens (including phenoxy) is 3. The maximum atomic E-state index is 12.5. The number of nitrogens with one attached hydrogen (secondary N) is 2. The molecule has 0 aliphatic rings. The molecule has 0 aliphatic carbocycles. The lowest BCUT2D eigenvalue weighted by Crippen LogP contribution is -2.20. The normalized spacial score (nSPS) is 10.9. The van der Waals surface area contributed by atoms with Crippen LogP contribution in [0.3, 0.4) is 0 Å². The zero-order valence-corrected chi connectivity index (χ0v) is 25.7. The SMILES string of the molecule is Cc1ccc(C(C)C)c(OCC(=O)Nc2ccc(Oc3ccc(NC(=O)COc4cc(C)ccc4C(C)C)cc3)cc2)c1. The van der Waals surface area contributed by atoms with Gasteiger partial charge in [0.1, 0.15) is 23.0 Å². The molecule has 224 valence electrons. The van der Waals surface area contributed by atoms with Gasteiger partial charge in [0, 0.05) is 11.4 Å². The van der Waals surface area contributed by atoms with Gasteiger partial charge in [-0.1, -0.05) is 52.0 Å². The van der Waals surface area contributed by atoms with Crippen LogP contribution in [0.25, 0.3) is 0 Å². The number of hydrogen-bond acceptors (Lipinski definition) is 5. The molecule has 0 aromatic heterocycles. The first-order chi connectivity index (χ1) is 20.6. The Morgan fingerprint density at radius 1 is 0.581 bits per heavy atom. The number of anilines is 2. The van der Waals surface area contributed by atoms with E-state index in [0.717, 1.165) is 33.8 Å². The van der Waals surface area contributed by atoms with Crippen molar-refractivity contribution in [2.24, 2.45) is 0 Å². The summed E-state index contributed by atoms with van der Waals surface area (Å²) in [5, 5.41) is 5.71. The van der Waals surface area contributed by atoms with Gasteiger partial charge in [0.2, 0.25) is 0 Å². The summed E-state index contributed by atoms with van der Waals surface area (Å²) in [5.41, 5.74) is 5.59. The molecule has 0 unspecified atom stereocenters. The predicted octanol–water partition coefficient (Wildman–Crippen LogP) is 8.38. The van der Waals surface area contributed by atoms with Crippen LogP contribution in [0.15, 0.2) is 84.9 Å². The Hall–Kier alpha value is -4.78. The van der Waals surface area contributed by atoms with E-state index in [1.165, 1.54) is 0 Å². The van der Waals surface area contributed by atoms with E-state index in [1.807, 2.05) is 50.2 Å². The first-order valence-electron chi connectivity index (χ1n) is 14.5. The van der Waals surface area contributed by atoms with Crippen molar-refractivity contribution in [1.29, 1.82) is 0 Å². The van der Waals surface area contributed by atoms with Crippen molar-refractivity contribution in [3.8, 4) is 23.0 Å². The molecular weight excluding hydrogens is 540 g/mol. The summed E-state index contributed by atoms with van der Waals surface area (Å²) in [6, 6.07) is 26.3. The lowest BCUT2D eigenvalue weighted by molar-refractivity contribution is -0.118. The van der Waals surface area contributed by atoms with Gasteiger partial charge in [-0.2, -0.15) is 0 Å². The fraction of sp³-hybridized carbons (Fsp3) is 0.278. The fourth-order valence-electron chi connectivity index (χ4n) is 4.52. The molecule has 2 amide bonds. The second kappa shape index (κ2) is 14.4. The van der Waals surface area contributed by atoms with Gasteiger partial charge in [0.25, 0.3) is 11.8 Å². The van der Waals surface area contributed by atoms with Crippen LogP contribution in [-0.4, -0.2) is 25.0 Å². The van der Waals surface area contributed by atoms with Gasteiger partial charge in [-0.15, -0.1) is 0 Å². The molecule has 43 heavy (non-hydrogen) atoms. The third-order valence-electron chi connectivity index (χ3n) is 6.81. The molecule has 0 saturated carbocycles. The Bertz CT molecular complexity index is 1430. The molecule has 0 heterocycles. The Kier molecular flexibility index (Phi) is 10.4. The van der Waals surface area contributed by atoms with Crippen LogP contribution in [-0.2, 0) is 9.59 Å². The predicted molar refractivity (Wildman–Crippen MR) is 172 cm³/mol. The highest BCUT2D eigenvalue weighted by Gasteiger charge is 2.12. The first-order valence-corrected chi connectivity index (χ1v) is 14.5. The largest absolute Gasteiger partial charge is 0.483 e. The van der Waals surface area contributed by atoms with E-state index < -0.39 is 0 Å². The Morgan fingerprint density at radius 3 is 1.30 bits per heavy atom. The zero-order chi connectivity index (χ0) is 30.9. The summed E-state index contributed by atoms with van der Waals surface area (Å²) in [6.07, 6.45) is 0. The molecule has 7 nitrogen and oxygen atoms in total. The van der Waals surface area contributed by atoms with Gasteiger partial charge < -0.3 is 24.8 Å². The number of carbonyl (C=O) groups excluding carboxylic acids is 2. The van der Waals surface area contributed by atoms with Crippen molar-refractivity contribution in [2.45, 2.75) is 53.4 Å². The second-order valence-electron chi connectivity index (χ2n) is 11.2. The van der Waals surface area contributed by atoms with Crippen LogP contribution in [0, 0.1) is 13.8 Å². The van der Waals surface area contributed by atoms with Crippen LogP contribution in [0.4, 0.5) is 11.4 Å². The smallest absolute Gasteiger partial charge is 0.262 e. The van der Waals surface area contributed by atoms with Gasteiger partial charge in [-0.25, -0.2) is 0 Å². The molecule has 0 fully saturated rings. The molecule has 4 aromatic rings. The van der Waals surface area contributed by atoms with Crippen molar-refractivity contribution in [2.75, 3.05) is 23.8 Å². The number of rotatable bonds is 12. The molecule has 0 spiro atoms. The minimum atomic E-state index is -0.243. The van der Waals surface area contributed by atoms with E-state index in [-0.39, 0.29) is 25.0 Å². The fourth-order valence-corrected chi connectivity index (χ4v) is 4.52. The molecule has 0 aliphatic heterocycles. The Labute approximate surface area is 254 Å². The van der Waals surface area contributed by atoms with E-state index >= 15 is 0 Å². The van der Waals surface area contributed by atoms with Crippen LogP contribution in [0.5, 0.6) is 23.0 Å². The number of aryl methyl sites for hydroxylation is 2. The standard InChI is InChI=1S/C36H40N2O5/c1-23(2)31-17-7-25(5)19-33(31)41-21-35(39)37-27-9-13-29(14-10-27)43-30-15-11-28(12-16-30)38-36(40)22-42-34-20-26(6)8-18-32(34)24(3)4/h7-20,23-24H,21-22H2,1-6H3,(H,37,39)(H,38,40). The van der Waals surface area contributed by atoms with Crippen LogP contribution >= 0.6 is 0 Å². The maximum Gasteiger partial charge on any atom is 0.262 e. The molecule has 4 aromatic carbocycles. The van der Waals surface area contributed by atoms with Crippen LogP contribution < -0.4 is 24.8 Å².